The van der Waals surface area contributed by atoms with Crippen molar-refractivity contribution in [2.45, 2.75) is 0 Å². The molecule has 0 amide bonds. The maximum atomic E-state index is 5.29. The maximum Gasteiger partial charge on any atom is 0.226 e. The van der Waals surface area contributed by atoms with Gasteiger partial charge in [0.1, 0.15) is 0 Å². The van der Waals surface area contributed by atoms with Crippen molar-refractivity contribution in [3.8, 4) is 28.8 Å². The van der Waals surface area contributed by atoms with Gasteiger partial charge in [0, 0.05) is 25.0 Å². The van der Waals surface area contributed by atoms with Crippen LogP contribution in [0.4, 0.5) is 0 Å². The molecule has 0 radical (unpaired) electrons. The first-order valence-corrected chi connectivity index (χ1v) is 7.75. The molecule has 6 nitrogen and oxygen atoms in total. The number of aryl methyl sites for hydroxylation is 1. The fraction of sp³-hybridized carbons (Fsp3) is 0.105. The van der Waals surface area contributed by atoms with Crippen LogP contribution in [0.3, 0.4) is 0 Å². The van der Waals surface area contributed by atoms with Gasteiger partial charge in [-0.15, -0.1) is 5.10 Å². The van der Waals surface area contributed by atoms with Crippen LogP contribution in [0.5, 0.6) is 5.75 Å². The molecule has 0 fully saturated rings. The Morgan fingerprint density at radius 1 is 1.00 bits per heavy atom. The second kappa shape index (κ2) is 6.13. The van der Waals surface area contributed by atoms with Gasteiger partial charge < -0.3 is 9.30 Å². The summed E-state index contributed by atoms with van der Waals surface area (Å²) in [7, 11) is 3.53. The molecule has 4 aromatic rings. The predicted octanol–water partition coefficient (Wildman–Crippen LogP) is 2.54. The number of fused-ring (bicyclic) bond motifs is 1. The Hall–Kier alpha value is -3.59. The SMILES string of the molecule is COc1cccn2nc(C#Cc3nc(-c4ccccc4)cn3C)nc12. The monoisotopic (exact) mass is 329 g/mol. The van der Waals surface area contributed by atoms with Gasteiger partial charge in [-0.05, 0) is 24.0 Å². The number of benzene rings is 1. The number of hydrogen-bond donors (Lipinski definition) is 0. The first-order chi connectivity index (χ1) is 12.2. The number of imidazole rings is 1. The topological polar surface area (TPSA) is 57.2 Å². The lowest BCUT2D eigenvalue weighted by Gasteiger charge is -1.98. The zero-order chi connectivity index (χ0) is 17.2. The predicted molar refractivity (Wildman–Crippen MR) is 94.2 cm³/mol. The van der Waals surface area contributed by atoms with Crippen molar-refractivity contribution < 1.29 is 4.74 Å². The highest BCUT2D eigenvalue weighted by molar-refractivity contribution is 5.59. The minimum atomic E-state index is 0.425. The van der Waals surface area contributed by atoms with Crippen molar-refractivity contribution in [3.63, 3.8) is 0 Å². The number of pyridine rings is 1. The van der Waals surface area contributed by atoms with E-state index in [0.29, 0.717) is 23.0 Å². The molecule has 0 aliphatic rings. The number of nitrogens with zero attached hydrogens (tertiary/aromatic N) is 5. The Morgan fingerprint density at radius 3 is 2.64 bits per heavy atom. The van der Waals surface area contributed by atoms with E-state index in [1.165, 1.54) is 0 Å². The van der Waals surface area contributed by atoms with Crippen molar-refractivity contribution in [2.75, 3.05) is 7.11 Å². The highest BCUT2D eigenvalue weighted by Crippen LogP contribution is 2.18. The lowest BCUT2D eigenvalue weighted by Crippen LogP contribution is -1.91. The second-order valence-corrected chi connectivity index (χ2v) is 5.46. The largest absolute Gasteiger partial charge is 0.493 e. The van der Waals surface area contributed by atoms with Crippen LogP contribution in [0.2, 0.25) is 0 Å². The molecule has 0 saturated heterocycles. The lowest BCUT2D eigenvalue weighted by molar-refractivity contribution is 0.416. The molecule has 0 spiro atoms. The molecule has 0 unspecified atom stereocenters. The Bertz CT molecular complexity index is 1100. The minimum absolute atomic E-state index is 0.425. The number of methoxy groups -OCH3 is 1. The third kappa shape index (κ3) is 2.83. The van der Waals surface area contributed by atoms with E-state index in [9.17, 15) is 0 Å². The van der Waals surface area contributed by atoms with Crippen LogP contribution in [0.25, 0.3) is 16.9 Å². The average Bonchev–Trinajstić information content (AvgIpc) is 3.23. The van der Waals surface area contributed by atoms with Crippen LogP contribution in [0.15, 0.2) is 54.9 Å². The van der Waals surface area contributed by atoms with E-state index in [0.717, 1.165) is 11.3 Å². The molecule has 0 N–H and O–H groups in total. The van der Waals surface area contributed by atoms with Gasteiger partial charge in [-0.3, -0.25) is 0 Å². The van der Waals surface area contributed by atoms with Crippen LogP contribution in [0, 0.1) is 11.8 Å². The quantitative estimate of drug-likeness (QED) is 0.530. The Labute approximate surface area is 144 Å². The zero-order valence-electron chi connectivity index (χ0n) is 13.8. The fourth-order valence-corrected chi connectivity index (χ4v) is 2.54. The van der Waals surface area contributed by atoms with Crippen molar-refractivity contribution >= 4 is 5.65 Å². The molecule has 0 aliphatic carbocycles. The maximum absolute atomic E-state index is 5.29. The fourth-order valence-electron chi connectivity index (χ4n) is 2.54. The van der Waals surface area contributed by atoms with Crippen LogP contribution in [-0.2, 0) is 7.05 Å². The number of rotatable bonds is 2. The van der Waals surface area contributed by atoms with Gasteiger partial charge in [0.25, 0.3) is 0 Å². The Balaban J connectivity index is 1.69. The van der Waals surface area contributed by atoms with Crippen LogP contribution < -0.4 is 4.74 Å². The van der Waals surface area contributed by atoms with Gasteiger partial charge in [-0.1, -0.05) is 30.3 Å². The standard InChI is InChI=1S/C19H15N5O/c1-23-13-15(14-7-4-3-5-8-14)20-18(23)11-10-17-21-19-16(25-2)9-6-12-24(19)22-17/h3-9,12-13H,1-2H3. The molecular weight excluding hydrogens is 314 g/mol. The third-order valence-corrected chi connectivity index (χ3v) is 3.78. The molecule has 0 atom stereocenters. The van der Waals surface area contributed by atoms with Crippen molar-refractivity contribution in [3.05, 3.63) is 66.5 Å². The average molecular weight is 329 g/mol. The smallest absolute Gasteiger partial charge is 0.226 e. The van der Waals surface area contributed by atoms with Gasteiger partial charge in [-0.25, -0.2) is 9.50 Å². The summed E-state index contributed by atoms with van der Waals surface area (Å²) in [5, 5.41) is 4.35. The Morgan fingerprint density at radius 2 is 1.84 bits per heavy atom. The minimum Gasteiger partial charge on any atom is -0.493 e. The summed E-state index contributed by atoms with van der Waals surface area (Å²) < 4.78 is 8.83. The summed E-state index contributed by atoms with van der Waals surface area (Å²) in [6, 6.07) is 13.7. The number of ether oxygens (including phenoxy) is 1. The molecule has 4 rings (SSSR count). The van der Waals surface area contributed by atoms with E-state index < -0.39 is 0 Å². The second-order valence-electron chi connectivity index (χ2n) is 5.46. The van der Waals surface area contributed by atoms with Gasteiger partial charge in [0.05, 0.1) is 12.8 Å². The summed E-state index contributed by atoms with van der Waals surface area (Å²) >= 11 is 0. The summed E-state index contributed by atoms with van der Waals surface area (Å²) in [4.78, 5) is 8.99. The van der Waals surface area contributed by atoms with E-state index in [2.05, 4.69) is 26.9 Å². The summed E-state index contributed by atoms with van der Waals surface area (Å²) in [5.74, 6) is 7.76. The van der Waals surface area contributed by atoms with Gasteiger partial charge in [0.2, 0.25) is 5.82 Å². The molecule has 122 valence electrons. The van der Waals surface area contributed by atoms with Gasteiger partial charge >= 0.3 is 0 Å². The molecule has 3 aromatic heterocycles. The van der Waals surface area contributed by atoms with E-state index in [1.54, 1.807) is 11.6 Å². The Kier molecular flexibility index (Phi) is 3.67. The number of hydrogen-bond acceptors (Lipinski definition) is 4. The molecule has 0 saturated carbocycles. The third-order valence-electron chi connectivity index (χ3n) is 3.78. The van der Waals surface area contributed by atoms with Gasteiger partial charge in [-0.2, -0.15) is 4.98 Å². The van der Waals surface area contributed by atoms with Crippen LogP contribution in [0.1, 0.15) is 11.6 Å². The van der Waals surface area contributed by atoms with Crippen LogP contribution >= 0.6 is 0 Å². The van der Waals surface area contributed by atoms with Gasteiger partial charge in [0.15, 0.2) is 17.2 Å². The van der Waals surface area contributed by atoms with Crippen molar-refractivity contribution in [1.82, 2.24) is 24.1 Å². The first kappa shape index (κ1) is 15.0. The summed E-state index contributed by atoms with van der Waals surface area (Å²) in [5.41, 5.74) is 2.58. The molecule has 0 bridgehead atoms. The first-order valence-electron chi connectivity index (χ1n) is 7.75. The molecule has 6 heteroatoms. The number of aromatic nitrogens is 5. The van der Waals surface area contributed by atoms with Crippen LogP contribution in [-0.4, -0.2) is 31.3 Å². The normalized spacial score (nSPS) is 10.5. The lowest BCUT2D eigenvalue weighted by atomic mass is 10.2. The van der Waals surface area contributed by atoms with E-state index >= 15 is 0 Å². The van der Waals surface area contributed by atoms with E-state index in [1.807, 2.05) is 66.5 Å². The van der Waals surface area contributed by atoms with Crippen molar-refractivity contribution in [1.29, 1.82) is 0 Å². The molecule has 3 heterocycles. The molecule has 0 aliphatic heterocycles. The van der Waals surface area contributed by atoms with E-state index in [4.69, 9.17) is 4.74 Å². The zero-order valence-corrected chi connectivity index (χ0v) is 13.8. The molecular formula is C19H15N5O. The molecule has 1 aromatic carbocycles. The summed E-state index contributed by atoms with van der Waals surface area (Å²) in [6.07, 6.45) is 3.77. The van der Waals surface area contributed by atoms with E-state index in [-0.39, 0.29) is 0 Å². The molecule has 25 heavy (non-hydrogen) atoms. The van der Waals surface area contributed by atoms with Crippen molar-refractivity contribution in [2.24, 2.45) is 7.05 Å². The summed E-state index contributed by atoms with van der Waals surface area (Å²) in [6.45, 7) is 0. The highest BCUT2D eigenvalue weighted by atomic mass is 16.5. The highest BCUT2D eigenvalue weighted by Gasteiger charge is 2.07.